The van der Waals surface area contributed by atoms with Crippen LogP contribution in [0, 0.1) is 0 Å². The highest BCUT2D eigenvalue weighted by Crippen LogP contribution is 2.14. The molecule has 0 aliphatic rings. The van der Waals surface area contributed by atoms with Crippen molar-refractivity contribution < 1.29 is 14.7 Å². The summed E-state index contributed by atoms with van der Waals surface area (Å²) in [6, 6.07) is 10.8. The molecule has 1 heterocycles. The lowest BCUT2D eigenvalue weighted by atomic mass is 10.1. The van der Waals surface area contributed by atoms with Gasteiger partial charge in [0.25, 0.3) is 5.56 Å². The highest BCUT2D eigenvalue weighted by Gasteiger charge is 2.09. The van der Waals surface area contributed by atoms with Gasteiger partial charge in [-0.3, -0.25) is 19.0 Å². The molecule has 2 aromatic rings. The lowest BCUT2D eigenvalue weighted by Crippen LogP contribution is -2.29. The van der Waals surface area contributed by atoms with Gasteiger partial charge in [0.15, 0.2) is 0 Å². The van der Waals surface area contributed by atoms with Crippen molar-refractivity contribution in [3.05, 3.63) is 52.6 Å². The van der Waals surface area contributed by atoms with Gasteiger partial charge in [0, 0.05) is 31.5 Å². The summed E-state index contributed by atoms with van der Waals surface area (Å²) in [5.41, 5.74) is 1.16. The number of rotatable bonds is 7. The third kappa shape index (κ3) is 4.77. The van der Waals surface area contributed by atoms with Gasteiger partial charge < -0.3 is 10.4 Å². The van der Waals surface area contributed by atoms with Gasteiger partial charge in [-0.1, -0.05) is 30.3 Å². The fourth-order valence-electron chi connectivity index (χ4n) is 2.17. The van der Waals surface area contributed by atoms with E-state index in [-0.39, 0.29) is 37.3 Å². The second-order valence-electron chi connectivity index (χ2n) is 5.34. The summed E-state index contributed by atoms with van der Waals surface area (Å²) >= 11 is 0. The van der Waals surface area contributed by atoms with Crippen molar-refractivity contribution in [2.45, 2.75) is 25.8 Å². The highest BCUT2D eigenvalue weighted by atomic mass is 16.4. The molecule has 0 aliphatic heterocycles. The first kappa shape index (κ1) is 17.4. The van der Waals surface area contributed by atoms with Gasteiger partial charge in [-0.15, -0.1) is 0 Å². The zero-order valence-corrected chi connectivity index (χ0v) is 13.4. The smallest absolute Gasteiger partial charge is 0.303 e. The zero-order chi connectivity index (χ0) is 17.5. The molecule has 0 radical (unpaired) electrons. The molecule has 0 spiro atoms. The van der Waals surface area contributed by atoms with Crippen LogP contribution in [0.15, 0.2) is 41.2 Å². The van der Waals surface area contributed by atoms with Gasteiger partial charge in [0.05, 0.1) is 12.2 Å². The molecule has 0 unspecified atom stereocenters. The van der Waals surface area contributed by atoms with E-state index in [9.17, 15) is 14.4 Å². The van der Waals surface area contributed by atoms with Crippen molar-refractivity contribution in [2.24, 2.45) is 7.05 Å². The summed E-state index contributed by atoms with van der Waals surface area (Å²) in [6.07, 6.45) is 0.351. The predicted molar refractivity (Wildman–Crippen MR) is 88.2 cm³/mol. The summed E-state index contributed by atoms with van der Waals surface area (Å²) in [4.78, 5) is 38.7. The molecule has 1 aromatic carbocycles. The number of nitrogens with zero attached hydrogens (tertiary/aromatic N) is 2. The minimum Gasteiger partial charge on any atom is -0.481 e. The Morgan fingerprint density at radius 1 is 1.21 bits per heavy atom. The van der Waals surface area contributed by atoms with Crippen LogP contribution < -0.4 is 10.9 Å². The highest BCUT2D eigenvalue weighted by molar-refractivity contribution is 5.76. The monoisotopic (exact) mass is 329 g/mol. The number of hydrogen-bond donors (Lipinski definition) is 2. The molecule has 7 nitrogen and oxygen atoms in total. The molecular weight excluding hydrogens is 310 g/mol. The molecule has 0 aliphatic carbocycles. The van der Waals surface area contributed by atoms with Gasteiger partial charge >= 0.3 is 5.97 Å². The molecule has 0 fully saturated rings. The Labute approximate surface area is 139 Å². The molecule has 2 N–H and O–H groups in total. The number of hydrogen-bond acceptors (Lipinski definition) is 4. The average molecular weight is 329 g/mol. The Morgan fingerprint density at radius 2 is 1.92 bits per heavy atom. The molecule has 7 heteroatoms. The number of benzene rings is 1. The van der Waals surface area contributed by atoms with Crippen molar-refractivity contribution in [3.8, 4) is 11.3 Å². The van der Waals surface area contributed by atoms with Crippen LogP contribution in [-0.2, 0) is 23.2 Å². The van der Waals surface area contributed by atoms with E-state index in [1.54, 1.807) is 7.05 Å². The van der Waals surface area contributed by atoms with Crippen molar-refractivity contribution in [1.29, 1.82) is 0 Å². The van der Waals surface area contributed by atoms with E-state index in [1.807, 2.05) is 30.3 Å². The minimum atomic E-state index is -0.928. The molecule has 24 heavy (non-hydrogen) atoms. The first-order valence-corrected chi connectivity index (χ1v) is 7.58. The first-order valence-electron chi connectivity index (χ1n) is 7.58. The van der Waals surface area contributed by atoms with Crippen molar-refractivity contribution in [3.63, 3.8) is 0 Å². The first-order chi connectivity index (χ1) is 11.5. The molecule has 0 saturated heterocycles. The van der Waals surface area contributed by atoms with Crippen LogP contribution in [0.3, 0.4) is 0 Å². The standard InChI is InChI=1S/C17H19N3O4/c1-20-14(11-18-15(21)8-5-9-17(23)24)19-13(10-16(20)22)12-6-3-2-4-7-12/h2-4,6-7,10H,5,8-9,11H2,1H3,(H,18,21)(H,23,24). The van der Waals surface area contributed by atoms with Gasteiger partial charge in [0.2, 0.25) is 5.91 Å². The summed E-state index contributed by atoms with van der Waals surface area (Å²) in [7, 11) is 1.59. The van der Waals surface area contributed by atoms with Crippen LogP contribution in [0.25, 0.3) is 11.3 Å². The fourth-order valence-corrected chi connectivity index (χ4v) is 2.17. The zero-order valence-electron chi connectivity index (χ0n) is 13.4. The van der Waals surface area contributed by atoms with Crippen LogP contribution in [-0.4, -0.2) is 26.5 Å². The Hall–Kier alpha value is -2.96. The number of aliphatic carboxylic acids is 1. The average Bonchev–Trinajstić information content (AvgIpc) is 2.56. The fraction of sp³-hybridized carbons (Fsp3) is 0.294. The van der Waals surface area contributed by atoms with E-state index in [0.29, 0.717) is 11.5 Å². The molecule has 126 valence electrons. The summed E-state index contributed by atoms with van der Waals surface area (Å²) < 4.78 is 1.38. The quantitative estimate of drug-likeness (QED) is 0.798. The number of carbonyl (C=O) groups is 2. The van der Waals surface area contributed by atoms with E-state index in [4.69, 9.17) is 5.11 Å². The maximum absolute atomic E-state index is 12.1. The van der Waals surface area contributed by atoms with Crippen LogP contribution in [0.1, 0.15) is 25.1 Å². The third-order valence-electron chi connectivity index (χ3n) is 3.54. The molecule has 1 aromatic heterocycles. The Balaban J connectivity index is 2.07. The number of carbonyl (C=O) groups excluding carboxylic acids is 1. The maximum Gasteiger partial charge on any atom is 0.303 e. The summed E-state index contributed by atoms with van der Waals surface area (Å²) in [6.45, 7) is 0.109. The number of amides is 1. The predicted octanol–water partition coefficient (Wildman–Crippen LogP) is 1.32. The molecule has 0 bridgehead atoms. The second kappa shape index (κ2) is 8.05. The van der Waals surface area contributed by atoms with Crippen LogP contribution in [0.4, 0.5) is 0 Å². The Kier molecular flexibility index (Phi) is 5.83. The van der Waals surface area contributed by atoms with Gasteiger partial charge in [0.1, 0.15) is 5.82 Å². The van der Waals surface area contributed by atoms with Crippen molar-refractivity contribution >= 4 is 11.9 Å². The van der Waals surface area contributed by atoms with Gasteiger partial charge in [-0.05, 0) is 6.42 Å². The second-order valence-corrected chi connectivity index (χ2v) is 5.34. The van der Waals surface area contributed by atoms with Crippen LogP contribution in [0.2, 0.25) is 0 Å². The molecule has 0 saturated carbocycles. The van der Waals surface area contributed by atoms with Crippen LogP contribution in [0.5, 0.6) is 0 Å². The summed E-state index contributed by atoms with van der Waals surface area (Å²) in [5, 5.41) is 11.2. The third-order valence-corrected chi connectivity index (χ3v) is 3.54. The van der Waals surface area contributed by atoms with Gasteiger partial charge in [-0.2, -0.15) is 0 Å². The lowest BCUT2D eigenvalue weighted by molar-refractivity contribution is -0.137. The molecule has 1 amide bonds. The number of nitrogens with one attached hydrogen (secondary N) is 1. The SMILES string of the molecule is Cn1c(CNC(=O)CCCC(=O)O)nc(-c2ccccc2)cc1=O. The van der Waals surface area contributed by atoms with E-state index in [2.05, 4.69) is 10.3 Å². The number of aromatic nitrogens is 2. The topological polar surface area (TPSA) is 101 Å². The number of carboxylic acid groups (broad SMARTS) is 1. The van der Waals surface area contributed by atoms with E-state index >= 15 is 0 Å². The van der Waals surface area contributed by atoms with E-state index < -0.39 is 5.97 Å². The normalized spacial score (nSPS) is 10.4. The molecule has 0 atom stereocenters. The largest absolute Gasteiger partial charge is 0.481 e. The van der Waals surface area contributed by atoms with Crippen molar-refractivity contribution in [1.82, 2.24) is 14.9 Å². The number of carboxylic acids is 1. The Morgan fingerprint density at radius 3 is 2.58 bits per heavy atom. The van der Waals surface area contributed by atoms with E-state index in [0.717, 1.165) is 5.56 Å². The Bertz CT molecular complexity index is 784. The lowest BCUT2D eigenvalue weighted by Gasteiger charge is -2.10. The summed E-state index contributed by atoms with van der Waals surface area (Å²) in [5.74, 6) is -0.758. The van der Waals surface area contributed by atoms with Gasteiger partial charge in [-0.25, -0.2) is 4.98 Å². The maximum atomic E-state index is 12.1. The van der Waals surface area contributed by atoms with Crippen LogP contribution >= 0.6 is 0 Å². The minimum absolute atomic E-state index is 0.0480. The van der Waals surface area contributed by atoms with Crippen molar-refractivity contribution in [2.75, 3.05) is 0 Å². The molecular formula is C17H19N3O4. The van der Waals surface area contributed by atoms with E-state index in [1.165, 1.54) is 10.6 Å². The molecule has 2 rings (SSSR count).